The minimum Gasteiger partial charge on any atom is -0.295 e. The van der Waals surface area contributed by atoms with Gasteiger partial charge in [-0.15, -0.1) is 0 Å². The molecule has 62 valence electrons. The zero-order valence-electron chi connectivity index (χ0n) is 7.55. The molecule has 0 saturated heterocycles. The molecule has 0 amide bonds. The highest BCUT2D eigenvalue weighted by Crippen LogP contribution is 2.28. The summed E-state index contributed by atoms with van der Waals surface area (Å²) in [4.78, 5) is 11.0. The van der Waals surface area contributed by atoms with Crippen LogP contribution in [0.5, 0.6) is 0 Å². The molecule has 0 aromatic rings. The van der Waals surface area contributed by atoms with Crippen LogP contribution >= 0.6 is 0 Å². The van der Waals surface area contributed by atoms with Crippen LogP contribution in [0.1, 0.15) is 33.6 Å². The molecular formula is C10H16O. The maximum absolute atomic E-state index is 11.0. The van der Waals surface area contributed by atoms with E-state index in [-0.39, 0.29) is 5.78 Å². The molecule has 0 bridgehead atoms. The summed E-state index contributed by atoms with van der Waals surface area (Å²) in [7, 11) is 0. The molecule has 11 heavy (non-hydrogen) atoms. The molecule has 1 rings (SSSR count). The molecule has 0 aromatic carbocycles. The van der Waals surface area contributed by atoms with Crippen molar-refractivity contribution in [1.82, 2.24) is 0 Å². The SMILES string of the molecule is CC(=O)C1=CCC(C)C(C)C1. The van der Waals surface area contributed by atoms with Crippen LogP contribution in [0.15, 0.2) is 11.6 Å². The van der Waals surface area contributed by atoms with Gasteiger partial charge in [-0.3, -0.25) is 4.79 Å². The minimum atomic E-state index is 0.253. The monoisotopic (exact) mass is 152 g/mol. The summed E-state index contributed by atoms with van der Waals surface area (Å²) in [6.45, 7) is 6.13. The topological polar surface area (TPSA) is 17.1 Å². The Hall–Kier alpha value is -0.590. The number of ketones is 1. The van der Waals surface area contributed by atoms with Gasteiger partial charge in [-0.2, -0.15) is 0 Å². The molecule has 0 N–H and O–H groups in total. The first-order chi connectivity index (χ1) is 5.11. The van der Waals surface area contributed by atoms with Crippen LogP contribution in [0.4, 0.5) is 0 Å². The van der Waals surface area contributed by atoms with Crippen LogP contribution < -0.4 is 0 Å². The van der Waals surface area contributed by atoms with E-state index >= 15 is 0 Å². The van der Waals surface area contributed by atoms with Crippen molar-refractivity contribution in [2.75, 3.05) is 0 Å². The molecule has 1 aliphatic rings. The van der Waals surface area contributed by atoms with E-state index in [1.807, 2.05) is 0 Å². The summed E-state index contributed by atoms with van der Waals surface area (Å²) in [6.07, 6.45) is 4.17. The number of hydrogen-bond acceptors (Lipinski definition) is 1. The van der Waals surface area contributed by atoms with Gasteiger partial charge < -0.3 is 0 Å². The zero-order valence-corrected chi connectivity index (χ0v) is 7.55. The lowest BCUT2D eigenvalue weighted by Gasteiger charge is -2.24. The van der Waals surface area contributed by atoms with Crippen molar-refractivity contribution >= 4 is 5.78 Å². The van der Waals surface area contributed by atoms with Gasteiger partial charge in [0.05, 0.1) is 0 Å². The number of carbonyl (C=O) groups is 1. The Bertz CT molecular complexity index is 191. The third-order valence-electron chi connectivity index (χ3n) is 2.70. The van der Waals surface area contributed by atoms with Crippen LogP contribution in [-0.4, -0.2) is 5.78 Å². The van der Waals surface area contributed by atoms with Crippen LogP contribution in [0.3, 0.4) is 0 Å². The van der Waals surface area contributed by atoms with Gasteiger partial charge in [-0.1, -0.05) is 19.9 Å². The van der Waals surface area contributed by atoms with Gasteiger partial charge in [-0.25, -0.2) is 0 Å². The Morgan fingerprint density at radius 2 is 2.09 bits per heavy atom. The molecule has 0 fully saturated rings. The maximum Gasteiger partial charge on any atom is 0.155 e. The Balaban J connectivity index is 2.66. The summed E-state index contributed by atoms with van der Waals surface area (Å²) in [5.74, 6) is 1.68. The fraction of sp³-hybridized carbons (Fsp3) is 0.700. The first-order valence-corrected chi connectivity index (χ1v) is 4.31. The largest absolute Gasteiger partial charge is 0.295 e. The van der Waals surface area contributed by atoms with Crippen molar-refractivity contribution in [3.63, 3.8) is 0 Å². The van der Waals surface area contributed by atoms with Gasteiger partial charge >= 0.3 is 0 Å². The van der Waals surface area contributed by atoms with Crippen molar-refractivity contribution in [3.8, 4) is 0 Å². The van der Waals surface area contributed by atoms with Gasteiger partial charge in [0.25, 0.3) is 0 Å². The predicted octanol–water partition coefficient (Wildman–Crippen LogP) is 2.57. The molecule has 0 radical (unpaired) electrons. The molecule has 1 nitrogen and oxygen atoms in total. The van der Waals surface area contributed by atoms with E-state index in [4.69, 9.17) is 0 Å². The van der Waals surface area contributed by atoms with E-state index in [9.17, 15) is 4.79 Å². The number of Topliss-reactive ketones (excluding diaryl/α,β-unsaturated/α-hetero) is 1. The molecule has 2 atom stereocenters. The lowest BCUT2D eigenvalue weighted by atomic mass is 9.81. The molecule has 1 heteroatoms. The van der Waals surface area contributed by atoms with Gasteiger partial charge in [0, 0.05) is 0 Å². The summed E-state index contributed by atoms with van der Waals surface area (Å²) in [5, 5.41) is 0. The average molecular weight is 152 g/mol. The zero-order chi connectivity index (χ0) is 8.43. The Labute approximate surface area is 68.5 Å². The maximum atomic E-state index is 11.0. The van der Waals surface area contributed by atoms with E-state index in [0.717, 1.165) is 24.3 Å². The van der Waals surface area contributed by atoms with Crippen LogP contribution in [0.2, 0.25) is 0 Å². The fourth-order valence-corrected chi connectivity index (χ4v) is 1.48. The molecule has 2 unspecified atom stereocenters. The van der Waals surface area contributed by atoms with Gasteiger partial charge in [0.1, 0.15) is 0 Å². The summed E-state index contributed by atoms with van der Waals surface area (Å²) in [6, 6.07) is 0. The highest BCUT2D eigenvalue weighted by molar-refractivity contribution is 5.93. The van der Waals surface area contributed by atoms with Crippen molar-refractivity contribution in [1.29, 1.82) is 0 Å². The fourth-order valence-electron chi connectivity index (χ4n) is 1.48. The van der Waals surface area contributed by atoms with Crippen molar-refractivity contribution in [2.24, 2.45) is 11.8 Å². The van der Waals surface area contributed by atoms with E-state index in [2.05, 4.69) is 19.9 Å². The molecular weight excluding hydrogens is 136 g/mol. The first kappa shape index (κ1) is 8.51. The van der Waals surface area contributed by atoms with Crippen molar-refractivity contribution in [3.05, 3.63) is 11.6 Å². The van der Waals surface area contributed by atoms with E-state index in [1.165, 1.54) is 0 Å². The number of hydrogen-bond donors (Lipinski definition) is 0. The third kappa shape index (κ3) is 1.92. The predicted molar refractivity (Wildman–Crippen MR) is 46.3 cm³/mol. The quantitative estimate of drug-likeness (QED) is 0.564. The summed E-state index contributed by atoms with van der Waals surface area (Å²) in [5.41, 5.74) is 1.04. The Kier molecular flexibility index (Phi) is 2.48. The minimum absolute atomic E-state index is 0.253. The second kappa shape index (κ2) is 3.21. The summed E-state index contributed by atoms with van der Waals surface area (Å²) < 4.78 is 0. The summed E-state index contributed by atoms with van der Waals surface area (Å²) >= 11 is 0. The molecule has 0 spiro atoms. The van der Waals surface area contributed by atoms with Gasteiger partial charge in [-0.05, 0) is 37.2 Å². The highest BCUT2D eigenvalue weighted by atomic mass is 16.1. The second-order valence-corrected chi connectivity index (χ2v) is 3.68. The molecule has 0 aromatic heterocycles. The average Bonchev–Trinajstić information content (AvgIpc) is 1.94. The smallest absolute Gasteiger partial charge is 0.155 e. The van der Waals surface area contributed by atoms with Crippen molar-refractivity contribution < 1.29 is 4.79 Å². The Morgan fingerprint density at radius 3 is 2.55 bits per heavy atom. The third-order valence-corrected chi connectivity index (χ3v) is 2.70. The van der Waals surface area contributed by atoms with Crippen molar-refractivity contribution in [2.45, 2.75) is 33.6 Å². The second-order valence-electron chi connectivity index (χ2n) is 3.68. The number of carbonyl (C=O) groups excluding carboxylic acids is 1. The molecule has 1 aliphatic carbocycles. The molecule has 0 saturated carbocycles. The lowest BCUT2D eigenvalue weighted by molar-refractivity contribution is -0.114. The number of allylic oxidation sites excluding steroid dienone is 2. The normalized spacial score (nSPS) is 31.4. The molecule has 0 heterocycles. The lowest BCUT2D eigenvalue weighted by Crippen LogP contribution is -2.15. The van der Waals surface area contributed by atoms with E-state index in [1.54, 1.807) is 6.92 Å². The highest BCUT2D eigenvalue weighted by Gasteiger charge is 2.19. The van der Waals surface area contributed by atoms with Crippen LogP contribution in [0.25, 0.3) is 0 Å². The van der Waals surface area contributed by atoms with E-state index < -0.39 is 0 Å². The van der Waals surface area contributed by atoms with Gasteiger partial charge in [0.2, 0.25) is 0 Å². The van der Waals surface area contributed by atoms with Crippen LogP contribution in [-0.2, 0) is 4.79 Å². The van der Waals surface area contributed by atoms with Gasteiger partial charge in [0.15, 0.2) is 5.78 Å². The Morgan fingerprint density at radius 1 is 1.45 bits per heavy atom. The van der Waals surface area contributed by atoms with E-state index in [0.29, 0.717) is 5.92 Å². The first-order valence-electron chi connectivity index (χ1n) is 4.31. The van der Waals surface area contributed by atoms with Crippen LogP contribution in [0, 0.1) is 11.8 Å². The number of rotatable bonds is 1. The molecule has 0 aliphatic heterocycles. The standard InChI is InChI=1S/C10H16O/c1-7-4-5-10(9(3)11)6-8(7)2/h5,7-8H,4,6H2,1-3H3.